The van der Waals surface area contributed by atoms with Crippen LogP contribution in [-0.4, -0.2) is 4.57 Å². The van der Waals surface area contributed by atoms with E-state index < -0.39 is 0 Å². The molecule has 0 unspecified atom stereocenters. The van der Waals surface area contributed by atoms with Gasteiger partial charge in [-0.15, -0.1) is 0 Å². The number of fused-ring (bicyclic) bond motifs is 11. The standard InChI is InChI=1S/C48H32N2O/c1-2-12-34(13-3-1)50-42-17-8-6-15-39(42)40-28-26-36(30-44(40)50)49(43-18-10-20-46-48(43)41-16-7-9-19-45(41)51-46)35-25-27-38-33(29-35)24-23-32-22-21-31-11-4-5-14-37(31)47(32)38/h1-22,25-30H,23-24H2. The second-order valence-electron chi connectivity index (χ2n) is 13.6. The third kappa shape index (κ3) is 4.25. The summed E-state index contributed by atoms with van der Waals surface area (Å²) in [7, 11) is 0. The summed E-state index contributed by atoms with van der Waals surface area (Å²) >= 11 is 0. The molecule has 10 aromatic rings. The maximum Gasteiger partial charge on any atom is 0.137 e. The first-order chi connectivity index (χ1) is 25.3. The Morgan fingerprint density at radius 1 is 0.471 bits per heavy atom. The van der Waals surface area contributed by atoms with Crippen LogP contribution in [0.1, 0.15) is 11.1 Å². The molecule has 0 saturated carbocycles. The maximum absolute atomic E-state index is 6.44. The fourth-order valence-corrected chi connectivity index (χ4v) is 8.61. The van der Waals surface area contributed by atoms with E-state index in [0.29, 0.717) is 0 Å². The number of aromatic nitrogens is 1. The monoisotopic (exact) mass is 652 g/mol. The average molecular weight is 653 g/mol. The van der Waals surface area contributed by atoms with E-state index >= 15 is 0 Å². The van der Waals surface area contributed by atoms with Crippen molar-refractivity contribution in [3.8, 4) is 16.8 Å². The van der Waals surface area contributed by atoms with Gasteiger partial charge in [-0.25, -0.2) is 0 Å². The lowest BCUT2D eigenvalue weighted by Crippen LogP contribution is -2.12. The van der Waals surface area contributed by atoms with Crippen LogP contribution in [0.5, 0.6) is 0 Å². The summed E-state index contributed by atoms with van der Waals surface area (Å²) in [5.74, 6) is 0. The van der Waals surface area contributed by atoms with Crippen LogP contribution in [0.2, 0.25) is 0 Å². The zero-order valence-electron chi connectivity index (χ0n) is 27.9. The predicted molar refractivity (Wildman–Crippen MR) is 213 cm³/mol. The van der Waals surface area contributed by atoms with Crippen molar-refractivity contribution in [1.82, 2.24) is 4.57 Å². The first-order valence-corrected chi connectivity index (χ1v) is 17.7. The Hall–Kier alpha value is -6.58. The minimum atomic E-state index is 0.886. The lowest BCUT2D eigenvalue weighted by molar-refractivity contribution is 0.669. The summed E-state index contributed by atoms with van der Waals surface area (Å²) in [6.07, 6.45) is 2.03. The highest BCUT2D eigenvalue weighted by Gasteiger charge is 2.24. The average Bonchev–Trinajstić information content (AvgIpc) is 3.74. The summed E-state index contributed by atoms with van der Waals surface area (Å²) in [5.41, 5.74) is 14.2. The fraction of sp³-hybridized carbons (Fsp3) is 0.0417. The number of rotatable bonds is 4. The van der Waals surface area contributed by atoms with Gasteiger partial charge in [0, 0.05) is 33.2 Å². The zero-order valence-corrected chi connectivity index (χ0v) is 27.9. The molecule has 0 fully saturated rings. The molecule has 1 aliphatic rings. The molecule has 0 atom stereocenters. The second-order valence-corrected chi connectivity index (χ2v) is 13.6. The minimum Gasteiger partial charge on any atom is -0.456 e. The van der Waals surface area contributed by atoms with Gasteiger partial charge in [0.05, 0.1) is 22.1 Å². The number of para-hydroxylation sites is 3. The van der Waals surface area contributed by atoms with E-state index in [1.54, 1.807) is 0 Å². The van der Waals surface area contributed by atoms with E-state index in [9.17, 15) is 0 Å². The number of hydrogen-bond acceptors (Lipinski definition) is 2. The van der Waals surface area contributed by atoms with Crippen LogP contribution in [0, 0.1) is 0 Å². The number of anilines is 3. The Labute approximate surface area is 295 Å². The SMILES string of the molecule is c1ccc(-n2c3ccccc3c3ccc(N(c4ccc5c(c4)CCc4ccc6ccccc6c4-5)c4cccc5oc6ccccc6c45)cc32)cc1. The lowest BCUT2D eigenvalue weighted by atomic mass is 9.82. The highest BCUT2D eigenvalue weighted by molar-refractivity contribution is 6.15. The Kier molecular flexibility index (Phi) is 6.08. The maximum atomic E-state index is 6.44. The minimum absolute atomic E-state index is 0.886. The molecule has 0 radical (unpaired) electrons. The fourth-order valence-electron chi connectivity index (χ4n) is 8.61. The van der Waals surface area contributed by atoms with Crippen LogP contribution >= 0.6 is 0 Å². The predicted octanol–water partition coefficient (Wildman–Crippen LogP) is 13.1. The smallest absolute Gasteiger partial charge is 0.137 e. The quantitative estimate of drug-likeness (QED) is 0.189. The number of furan rings is 1. The van der Waals surface area contributed by atoms with Crippen molar-refractivity contribution in [3.05, 3.63) is 181 Å². The molecular weight excluding hydrogens is 621 g/mol. The Bertz CT molecular complexity index is 2980. The highest BCUT2D eigenvalue weighted by atomic mass is 16.3. The van der Waals surface area contributed by atoms with Crippen LogP contribution in [0.25, 0.3) is 71.3 Å². The van der Waals surface area contributed by atoms with Gasteiger partial charge in [0.15, 0.2) is 0 Å². The highest BCUT2D eigenvalue weighted by Crippen LogP contribution is 2.47. The van der Waals surface area contributed by atoms with Crippen molar-refractivity contribution >= 4 is 71.6 Å². The van der Waals surface area contributed by atoms with Gasteiger partial charge in [0.25, 0.3) is 0 Å². The lowest BCUT2D eigenvalue weighted by Gasteiger charge is -2.29. The molecule has 2 heterocycles. The zero-order chi connectivity index (χ0) is 33.5. The van der Waals surface area contributed by atoms with Crippen molar-refractivity contribution < 1.29 is 4.42 Å². The van der Waals surface area contributed by atoms with Gasteiger partial charge in [-0.2, -0.15) is 0 Å². The van der Waals surface area contributed by atoms with Crippen molar-refractivity contribution in [2.45, 2.75) is 12.8 Å². The molecule has 11 rings (SSSR count). The summed E-state index contributed by atoms with van der Waals surface area (Å²) < 4.78 is 8.84. The molecule has 240 valence electrons. The van der Waals surface area contributed by atoms with Gasteiger partial charge in [-0.05, 0) is 107 Å². The van der Waals surface area contributed by atoms with Crippen LogP contribution in [0.4, 0.5) is 17.1 Å². The molecule has 3 heteroatoms. The van der Waals surface area contributed by atoms with Gasteiger partial charge in [0.2, 0.25) is 0 Å². The summed E-state index contributed by atoms with van der Waals surface area (Å²) in [6, 6.07) is 61.7. The second kappa shape index (κ2) is 11.0. The van der Waals surface area contributed by atoms with Crippen molar-refractivity contribution in [1.29, 1.82) is 0 Å². The molecule has 0 bridgehead atoms. The summed E-state index contributed by atoms with van der Waals surface area (Å²) in [4.78, 5) is 2.44. The first kappa shape index (κ1) is 28.3. The first-order valence-electron chi connectivity index (χ1n) is 17.7. The summed E-state index contributed by atoms with van der Waals surface area (Å²) in [5, 5.41) is 7.33. The molecule has 2 aromatic heterocycles. The molecule has 1 aliphatic carbocycles. The van der Waals surface area contributed by atoms with Crippen molar-refractivity contribution in [2.75, 3.05) is 4.90 Å². The van der Waals surface area contributed by atoms with E-state index in [1.807, 2.05) is 6.07 Å². The van der Waals surface area contributed by atoms with E-state index in [4.69, 9.17) is 4.42 Å². The molecule has 0 N–H and O–H groups in total. The van der Waals surface area contributed by atoms with Crippen molar-refractivity contribution in [2.24, 2.45) is 0 Å². The number of aryl methyl sites for hydroxylation is 2. The molecule has 0 amide bonds. The van der Waals surface area contributed by atoms with E-state index in [1.165, 1.54) is 54.8 Å². The number of benzene rings is 8. The van der Waals surface area contributed by atoms with Crippen LogP contribution in [0.15, 0.2) is 174 Å². The van der Waals surface area contributed by atoms with Gasteiger partial charge in [0.1, 0.15) is 11.2 Å². The molecular formula is C48H32N2O. The third-order valence-corrected chi connectivity index (χ3v) is 10.8. The van der Waals surface area contributed by atoms with Gasteiger partial charge < -0.3 is 13.9 Å². The Morgan fingerprint density at radius 2 is 1.18 bits per heavy atom. The van der Waals surface area contributed by atoms with Gasteiger partial charge >= 0.3 is 0 Å². The third-order valence-electron chi connectivity index (χ3n) is 10.8. The largest absolute Gasteiger partial charge is 0.456 e. The molecule has 8 aromatic carbocycles. The van der Waals surface area contributed by atoms with Crippen LogP contribution in [0.3, 0.4) is 0 Å². The van der Waals surface area contributed by atoms with Crippen LogP contribution < -0.4 is 4.90 Å². The number of nitrogens with zero attached hydrogens (tertiary/aromatic N) is 2. The topological polar surface area (TPSA) is 21.3 Å². The van der Waals surface area contributed by atoms with Crippen LogP contribution in [-0.2, 0) is 12.8 Å². The Balaban J connectivity index is 1.19. The Morgan fingerprint density at radius 3 is 2.10 bits per heavy atom. The van der Waals surface area contributed by atoms with E-state index in [2.05, 4.69) is 173 Å². The number of hydrogen-bond donors (Lipinski definition) is 0. The molecule has 0 spiro atoms. The van der Waals surface area contributed by atoms with Gasteiger partial charge in [-0.3, -0.25) is 0 Å². The van der Waals surface area contributed by atoms with E-state index in [0.717, 1.165) is 57.5 Å². The van der Waals surface area contributed by atoms with Crippen molar-refractivity contribution in [3.63, 3.8) is 0 Å². The normalized spacial score (nSPS) is 12.5. The van der Waals surface area contributed by atoms with Gasteiger partial charge in [-0.1, -0.05) is 109 Å². The van der Waals surface area contributed by atoms with E-state index in [-0.39, 0.29) is 0 Å². The molecule has 3 nitrogen and oxygen atoms in total. The molecule has 0 aliphatic heterocycles. The summed E-state index contributed by atoms with van der Waals surface area (Å²) in [6.45, 7) is 0. The molecule has 51 heavy (non-hydrogen) atoms. The molecule has 0 saturated heterocycles.